The van der Waals surface area contributed by atoms with Gasteiger partial charge in [-0.3, -0.25) is 9.59 Å². The van der Waals surface area contributed by atoms with Gasteiger partial charge < -0.3 is 12.7 Å². The average Bonchev–Trinajstić information content (AvgIpc) is 1.82. The van der Waals surface area contributed by atoms with E-state index < -0.39 is 18.4 Å². The molecule has 0 aliphatic heterocycles. The topological polar surface area (TPSA) is 63.6 Å². The Kier molecular flexibility index (Phi) is 8.97. The number of carbonyl (C=O) groups excluding carboxylic acids is 1. The summed E-state index contributed by atoms with van der Waals surface area (Å²) in [6.45, 7) is 3.35. The van der Waals surface area contributed by atoms with Crippen molar-refractivity contribution in [3.8, 4) is 0 Å². The number of carbonyl (C=O) groups is 2. The van der Waals surface area contributed by atoms with Crippen molar-refractivity contribution in [2.75, 3.05) is 6.61 Å². The van der Waals surface area contributed by atoms with Crippen LogP contribution in [0.5, 0.6) is 0 Å². The Balaban J connectivity index is -0.000000135. The van der Waals surface area contributed by atoms with E-state index in [-0.39, 0.29) is 32.5 Å². The van der Waals surface area contributed by atoms with Crippen LogP contribution in [0.25, 0.3) is 0 Å². The van der Waals surface area contributed by atoms with Crippen molar-refractivity contribution in [1.29, 1.82) is 0 Å². The van der Waals surface area contributed by atoms with Crippen LogP contribution in [0.1, 0.15) is 9.27 Å². The summed E-state index contributed by atoms with van der Waals surface area (Å²) >= 11 is 0. The van der Waals surface area contributed by atoms with Gasteiger partial charge in [-0.1, -0.05) is 12.7 Å². The fraction of sp³-hybridized carbons (Fsp3) is 0.333. The molecule has 0 spiro atoms. The van der Waals surface area contributed by atoms with Crippen LogP contribution in [-0.4, -0.2) is 46.7 Å². The van der Waals surface area contributed by atoms with Gasteiger partial charge in [-0.25, -0.2) is 0 Å². The van der Waals surface area contributed by atoms with Crippen molar-refractivity contribution >= 4 is 35.0 Å². The maximum Gasteiger partial charge on any atom is 2.00 e. The van der Waals surface area contributed by atoms with E-state index >= 15 is 0 Å². The fourth-order valence-corrected chi connectivity index (χ4v) is 0.326. The average molecular weight is 170 g/mol. The first kappa shape index (κ1) is 13.1. The molecule has 0 atom stereocenters. The van der Waals surface area contributed by atoms with Gasteiger partial charge in [0.05, 0.1) is 0 Å². The molecule has 0 fully saturated rings. The van der Waals surface area contributed by atoms with Crippen LogP contribution in [0, 0.1) is 0 Å². The largest absolute Gasteiger partial charge is 2.00 e. The minimum Gasteiger partial charge on any atom is -1.00 e. The van der Waals surface area contributed by atoms with Crippen molar-refractivity contribution in [2.24, 2.45) is 0 Å². The van der Waals surface area contributed by atoms with Gasteiger partial charge in [0.25, 0.3) is 0 Å². The molecule has 60 valence electrons. The number of carboxylic acid groups (broad SMARTS) is 1. The summed E-state index contributed by atoms with van der Waals surface area (Å²) in [5.41, 5.74) is 0. The molecule has 0 bridgehead atoms. The van der Waals surface area contributed by atoms with E-state index in [2.05, 4.69) is 11.3 Å². The van der Waals surface area contributed by atoms with Gasteiger partial charge in [0.1, 0.15) is 13.0 Å². The number of hydrogen-bond acceptors (Lipinski definition) is 3. The molecule has 0 unspecified atom stereocenters. The molecule has 0 aromatic carbocycles. The summed E-state index contributed by atoms with van der Waals surface area (Å²) in [6.07, 6.45) is 0.785. The fourth-order valence-electron chi connectivity index (χ4n) is 0.326. The number of rotatable bonds is 4. The second-order valence-corrected chi connectivity index (χ2v) is 1.54. The van der Waals surface area contributed by atoms with Gasteiger partial charge >= 0.3 is 35.0 Å². The third-order valence-electron chi connectivity index (χ3n) is 0.658. The van der Waals surface area contributed by atoms with Crippen molar-refractivity contribution in [2.45, 2.75) is 6.42 Å². The van der Waals surface area contributed by atoms with E-state index in [0.717, 1.165) is 0 Å². The Morgan fingerprint density at radius 2 is 2.18 bits per heavy atom. The van der Waals surface area contributed by atoms with E-state index in [1.807, 2.05) is 0 Å². The molecular formula is C6H10MgO4. The SMILES string of the molecule is C=CCOC(=O)CC(=O)O.[H-].[H-].[Mg+2]. The first-order valence-corrected chi connectivity index (χ1v) is 2.65. The molecule has 0 aromatic heterocycles. The normalized spacial score (nSPS) is 7.64. The van der Waals surface area contributed by atoms with E-state index in [1.165, 1.54) is 6.08 Å². The molecule has 0 radical (unpaired) electrons. The summed E-state index contributed by atoms with van der Waals surface area (Å²) in [5.74, 6) is -1.93. The molecule has 0 saturated carbocycles. The molecule has 0 aliphatic carbocycles. The molecule has 4 nitrogen and oxygen atoms in total. The molecule has 1 N–H and O–H groups in total. The number of ether oxygens (including phenoxy) is 1. The summed E-state index contributed by atoms with van der Waals surface area (Å²) in [4.78, 5) is 20.2. The molecule has 0 saturated heterocycles. The Hall–Kier alpha value is -0.554. The standard InChI is InChI=1S/C6H8O4.Mg.2H/c1-2-3-10-6(9)4-5(7)8;;;/h2H,1,3-4H2,(H,7,8);;;/q;+2;2*-1. The van der Waals surface area contributed by atoms with Crippen LogP contribution in [0.2, 0.25) is 0 Å². The molecule has 0 rings (SSSR count). The van der Waals surface area contributed by atoms with Gasteiger partial charge in [0.15, 0.2) is 0 Å². The van der Waals surface area contributed by atoms with Crippen LogP contribution < -0.4 is 0 Å². The maximum atomic E-state index is 10.4. The third-order valence-corrected chi connectivity index (χ3v) is 0.658. The predicted molar refractivity (Wildman–Crippen MR) is 41.4 cm³/mol. The van der Waals surface area contributed by atoms with Gasteiger partial charge in [0.2, 0.25) is 0 Å². The Morgan fingerprint density at radius 3 is 2.55 bits per heavy atom. The number of esters is 1. The third kappa shape index (κ3) is 9.45. The summed E-state index contributed by atoms with van der Waals surface area (Å²) in [5, 5.41) is 8.06. The van der Waals surface area contributed by atoms with Gasteiger partial charge in [-0.2, -0.15) is 0 Å². The molecule has 0 aromatic rings. The van der Waals surface area contributed by atoms with Crippen molar-refractivity contribution in [1.82, 2.24) is 0 Å². The van der Waals surface area contributed by atoms with E-state index in [9.17, 15) is 9.59 Å². The van der Waals surface area contributed by atoms with Crippen LogP contribution in [0.4, 0.5) is 0 Å². The molecule has 5 heteroatoms. The molecular weight excluding hydrogens is 160 g/mol. The maximum absolute atomic E-state index is 10.4. The quantitative estimate of drug-likeness (QED) is 0.280. The number of carboxylic acids is 1. The van der Waals surface area contributed by atoms with Crippen LogP contribution >= 0.6 is 0 Å². The first-order chi connectivity index (χ1) is 4.66. The first-order valence-electron chi connectivity index (χ1n) is 2.65. The second-order valence-electron chi connectivity index (χ2n) is 1.54. The van der Waals surface area contributed by atoms with Crippen LogP contribution in [0.15, 0.2) is 12.7 Å². The van der Waals surface area contributed by atoms with Gasteiger partial charge in [-0.15, -0.1) is 0 Å². The Bertz CT molecular complexity index is 163. The Labute approximate surface area is 83.3 Å². The molecule has 11 heavy (non-hydrogen) atoms. The smallest absolute Gasteiger partial charge is 1.00 e. The van der Waals surface area contributed by atoms with Crippen molar-refractivity contribution in [3.05, 3.63) is 12.7 Å². The Morgan fingerprint density at radius 1 is 1.64 bits per heavy atom. The number of aliphatic carboxylic acids is 1. The summed E-state index contributed by atoms with van der Waals surface area (Å²) in [6, 6.07) is 0. The summed E-state index contributed by atoms with van der Waals surface area (Å²) in [7, 11) is 0. The van der Waals surface area contributed by atoms with Crippen LogP contribution in [0.3, 0.4) is 0 Å². The van der Waals surface area contributed by atoms with E-state index in [4.69, 9.17) is 5.11 Å². The van der Waals surface area contributed by atoms with E-state index in [0.29, 0.717) is 0 Å². The van der Waals surface area contributed by atoms with Crippen LogP contribution in [-0.2, 0) is 14.3 Å². The van der Waals surface area contributed by atoms with Crippen molar-refractivity contribution < 1.29 is 22.3 Å². The number of hydrogen-bond donors (Lipinski definition) is 1. The zero-order valence-electron chi connectivity index (χ0n) is 8.08. The minimum absolute atomic E-state index is 0. The molecule has 0 amide bonds. The van der Waals surface area contributed by atoms with E-state index in [1.54, 1.807) is 0 Å². The minimum atomic E-state index is -1.19. The molecule has 0 heterocycles. The second kappa shape index (κ2) is 7.55. The van der Waals surface area contributed by atoms with Gasteiger partial charge in [0, 0.05) is 0 Å². The van der Waals surface area contributed by atoms with Gasteiger partial charge in [-0.05, 0) is 0 Å². The van der Waals surface area contributed by atoms with Crippen molar-refractivity contribution in [3.63, 3.8) is 0 Å². The zero-order chi connectivity index (χ0) is 7.98. The molecule has 0 aliphatic rings. The summed E-state index contributed by atoms with van der Waals surface area (Å²) < 4.78 is 4.36. The zero-order valence-corrected chi connectivity index (χ0v) is 7.49. The monoisotopic (exact) mass is 170 g/mol. The predicted octanol–water partition coefficient (Wildman–Crippen LogP) is 0.0345.